The Morgan fingerprint density at radius 3 is 1.73 bits per heavy atom. The van der Waals surface area contributed by atoms with E-state index in [1.165, 1.54) is 58.3 Å². The SMILES string of the molecule is CCCCCCCCCCCCC(C(C)=O)C(=O)OCCC. The second kappa shape index (κ2) is 15.1. The molecule has 130 valence electrons. The molecule has 0 rings (SSSR count). The predicted octanol–water partition coefficient (Wildman–Crippen LogP) is 5.46. The average molecular weight is 312 g/mol. The van der Waals surface area contributed by atoms with Crippen molar-refractivity contribution in [2.45, 2.75) is 97.8 Å². The van der Waals surface area contributed by atoms with Gasteiger partial charge < -0.3 is 4.74 Å². The Hall–Kier alpha value is -0.860. The van der Waals surface area contributed by atoms with E-state index >= 15 is 0 Å². The van der Waals surface area contributed by atoms with Crippen LogP contribution in [0.1, 0.15) is 97.8 Å². The standard InChI is InChI=1S/C19H36O3/c1-4-6-7-8-9-10-11-12-13-14-15-18(17(3)20)19(21)22-16-5-2/h18H,4-16H2,1-3H3. The first kappa shape index (κ1) is 21.1. The Kier molecular flexibility index (Phi) is 14.5. The number of rotatable bonds is 15. The molecule has 0 spiro atoms. The van der Waals surface area contributed by atoms with Crippen LogP contribution in [0, 0.1) is 5.92 Å². The Morgan fingerprint density at radius 2 is 1.27 bits per heavy atom. The highest BCUT2D eigenvalue weighted by Crippen LogP contribution is 2.16. The summed E-state index contributed by atoms with van der Waals surface area (Å²) in [6.45, 7) is 6.11. The molecule has 0 bridgehead atoms. The number of esters is 1. The average Bonchev–Trinajstić information content (AvgIpc) is 2.50. The summed E-state index contributed by atoms with van der Waals surface area (Å²) in [6.07, 6.45) is 14.1. The number of hydrogen-bond acceptors (Lipinski definition) is 3. The van der Waals surface area contributed by atoms with E-state index in [4.69, 9.17) is 4.74 Å². The lowest BCUT2D eigenvalue weighted by atomic mass is 9.97. The quantitative estimate of drug-likeness (QED) is 0.229. The summed E-state index contributed by atoms with van der Waals surface area (Å²) in [5.41, 5.74) is 0. The zero-order valence-corrected chi connectivity index (χ0v) is 15.0. The highest BCUT2D eigenvalue weighted by molar-refractivity contribution is 5.97. The Bertz CT molecular complexity index is 286. The van der Waals surface area contributed by atoms with Gasteiger partial charge in [0.25, 0.3) is 0 Å². The van der Waals surface area contributed by atoms with Crippen LogP contribution in [0.5, 0.6) is 0 Å². The Balaban J connectivity index is 3.60. The number of hydrogen-bond donors (Lipinski definition) is 0. The monoisotopic (exact) mass is 312 g/mol. The third-order valence-corrected chi connectivity index (χ3v) is 4.07. The molecule has 0 aromatic heterocycles. The van der Waals surface area contributed by atoms with Gasteiger partial charge in [-0.1, -0.05) is 78.1 Å². The zero-order chi connectivity index (χ0) is 16.6. The molecule has 0 heterocycles. The van der Waals surface area contributed by atoms with Crippen molar-refractivity contribution in [2.24, 2.45) is 5.92 Å². The van der Waals surface area contributed by atoms with Crippen molar-refractivity contribution in [1.29, 1.82) is 0 Å². The lowest BCUT2D eigenvalue weighted by Gasteiger charge is -2.12. The maximum absolute atomic E-state index is 11.8. The molecule has 0 aliphatic rings. The van der Waals surface area contributed by atoms with Gasteiger partial charge in [-0.2, -0.15) is 0 Å². The largest absolute Gasteiger partial charge is 0.465 e. The number of ketones is 1. The fourth-order valence-corrected chi connectivity index (χ4v) is 2.63. The van der Waals surface area contributed by atoms with E-state index < -0.39 is 5.92 Å². The van der Waals surface area contributed by atoms with E-state index in [2.05, 4.69) is 6.92 Å². The summed E-state index contributed by atoms with van der Waals surface area (Å²) in [7, 11) is 0. The van der Waals surface area contributed by atoms with Crippen LogP contribution in [-0.4, -0.2) is 18.4 Å². The van der Waals surface area contributed by atoms with Crippen molar-refractivity contribution in [2.75, 3.05) is 6.61 Å². The predicted molar refractivity (Wildman–Crippen MR) is 91.9 cm³/mol. The van der Waals surface area contributed by atoms with Crippen molar-refractivity contribution < 1.29 is 14.3 Å². The molecule has 0 aliphatic carbocycles. The maximum atomic E-state index is 11.8. The van der Waals surface area contributed by atoms with Crippen LogP contribution in [0.15, 0.2) is 0 Å². The molecule has 0 saturated carbocycles. The third kappa shape index (κ3) is 11.8. The molecule has 0 aromatic carbocycles. The van der Waals surface area contributed by atoms with Gasteiger partial charge in [-0.15, -0.1) is 0 Å². The molecule has 0 fully saturated rings. The Morgan fingerprint density at radius 1 is 0.773 bits per heavy atom. The summed E-state index contributed by atoms with van der Waals surface area (Å²) in [5.74, 6) is -0.928. The number of ether oxygens (including phenoxy) is 1. The van der Waals surface area contributed by atoms with Gasteiger partial charge in [0.05, 0.1) is 6.61 Å². The van der Waals surface area contributed by atoms with Crippen molar-refractivity contribution in [3.63, 3.8) is 0 Å². The first-order chi connectivity index (χ1) is 10.6. The van der Waals surface area contributed by atoms with Gasteiger partial charge in [0, 0.05) is 0 Å². The van der Waals surface area contributed by atoms with Crippen molar-refractivity contribution in [3.8, 4) is 0 Å². The zero-order valence-electron chi connectivity index (χ0n) is 15.0. The molecular weight excluding hydrogens is 276 g/mol. The van der Waals surface area contributed by atoms with E-state index in [1.807, 2.05) is 6.92 Å². The molecule has 0 aromatic rings. The fourth-order valence-electron chi connectivity index (χ4n) is 2.63. The molecule has 3 heteroatoms. The summed E-state index contributed by atoms with van der Waals surface area (Å²) >= 11 is 0. The van der Waals surface area contributed by atoms with E-state index in [-0.39, 0.29) is 11.8 Å². The van der Waals surface area contributed by atoms with Gasteiger partial charge in [0.15, 0.2) is 0 Å². The van der Waals surface area contributed by atoms with Crippen LogP contribution in [0.2, 0.25) is 0 Å². The van der Waals surface area contributed by atoms with Crippen LogP contribution in [0.25, 0.3) is 0 Å². The lowest BCUT2D eigenvalue weighted by Crippen LogP contribution is -2.24. The van der Waals surface area contributed by atoms with Gasteiger partial charge in [0.2, 0.25) is 0 Å². The first-order valence-corrected chi connectivity index (χ1v) is 9.30. The van der Waals surface area contributed by atoms with Crippen molar-refractivity contribution in [3.05, 3.63) is 0 Å². The molecule has 1 unspecified atom stereocenters. The lowest BCUT2D eigenvalue weighted by molar-refractivity contribution is -0.151. The molecule has 0 aliphatic heterocycles. The van der Waals surface area contributed by atoms with Crippen LogP contribution < -0.4 is 0 Å². The van der Waals surface area contributed by atoms with E-state index in [1.54, 1.807) is 0 Å². The normalized spacial score (nSPS) is 12.1. The number of Topliss-reactive ketones (excluding diaryl/α,β-unsaturated/α-hetero) is 1. The number of carbonyl (C=O) groups excluding carboxylic acids is 2. The first-order valence-electron chi connectivity index (χ1n) is 9.30. The van der Waals surface area contributed by atoms with Gasteiger partial charge in [-0.25, -0.2) is 0 Å². The van der Waals surface area contributed by atoms with Crippen molar-refractivity contribution in [1.82, 2.24) is 0 Å². The number of carbonyl (C=O) groups is 2. The van der Waals surface area contributed by atoms with Crippen LogP contribution in [-0.2, 0) is 14.3 Å². The smallest absolute Gasteiger partial charge is 0.316 e. The third-order valence-electron chi connectivity index (χ3n) is 4.07. The molecule has 0 N–H and O–H groups in total. The molecule has 3 nitrogen and oxygen atoms in total. The van der Waals surface area contributed by atoms with Crippen LogP contribution in [0.3, 0.4) is 0 Å². The second-order valence-electron chi connectivity index (χ2n) is 6.30. The topological polar surface area (TPSA) is 43.4 Å². The summed E-state index contributed by atoms with van der Waals surface area (Å²) < 4.78 is 5.10. The molecule has 22 heavy (non-hydrogen) atoms. The summed E-state index contributed by atoms with van der Waals surface area (Å²) in [5, 5.41) is 0. The molecule has 1 atom stereocenters. The van der Waals surface area contributed by atoms with Gasteiger partial charge in [-0.3, -0.25) is 9.59 Å². The molecule has 0 radical (unpaired) electrons. The minimum absolute atomic E-state index is 0.0583. The van der Waals surface area contributed by atoms with E-state index in [0.717, 1.165) is 19.3 Å². The van der Waals surface area contributed by atoms with Crippen molar-refractivity contribution >= 4 is 11.8 Å². The van der Waals surface area contributed by atoms with Crippen LogP contribution in [0.4, 0.5) is 0 Å². The van der Waals surface area contributed by atoms with E-state index in [0.29, 0.717) is 13.0 Å². The minimum Gasteiger partial charge on any atom is -0.465 e. The summed E-state index contributed by atoms with van der Waals surface area (Å²) in [4.78, 5) is 23.3. The van der Waals surface area contributed by atoms with Gasteiger partial charge in [-0.05, 0) is 19.8 Å². The molecule has 0 amide bonds. The summed E-state index contributed by atoms with van der Waals surface area (Å²) in [6, 6.07) is 0. The highest BCUT2D eigenvalue weighted by Gasteiger charge is 2.23. The Labute approximate surface area is 137 Å². The van der Waals surface area contributed by atoms with E-state index in [9.17, 15) is 9.59 Å². The highest BCUT2D eigenvalue weighted by atomic mass is 16.5. The van der Waals surface area contributed by atoms with Gasteiger partial charge >= 0.3 is 5.97 Å². The van der Waals surface area contributed by atoms with Gasteiger partial charge in [0.1, 0.15) is 11.7 Å². The maximum Gasteiger partial charge on any atom is 0.316 e. The number of unbranched alkanes of at least 4 members (excludes halogenated alkanes) is 9. The fraction of sp³-hybridized carbons (Fsp3) is 0.895. The minimum atomic E-state index is -0.541. The van der Waals surface area contributed by atoms with Crippen LogP contribution >= 0.6 is 0 Å². The molecular formula is C19H36O3. The second-order valence-corrected chi connectivity index (χ2v) is 6.30. The molecule has 0 saturated heterocycles.